The van der Waals surface area contributed by atoms with Crippen molar-refractivity contribution in [3.63, 3.8) is 0 Å². The minimum absolute atomic E-state index is 0.689. The third-order valence-electron chi connectivity index (χ3n) is 3.19. The number of nitriles is 1. The van der Waals surface area contributed by atoms with E-state index in [0.717, 1.165) is 27.7 Å². The molecule has 2 heteroatoms. The van der Waals surface area contributed by atoms with Gasteiger partial charge in [-0.3, -0.25) is 4.98 Å². The molecule has 0 radical (unpaired) electrons. The molecule has 2 nitrogen and oxygen atoms in total. The Morgan fingerprint density at radius 2 is 1.79 bits per heavy atom. The number of hydrogen-bond acceptors (Lipinski definition) is 2. The van der Waals surface area contributed by atoms with E-state index in [2.05, 4.69) is 17.1 Å². The lowest BCUT2D eigenvalue weighted by Crippen LogP contribution is -1.87. The molecule has 0 fully saturated rings. The lowest BCUT2D eigenvalue weighted by Gasteiger charge is -2.06. The minimum atomic E-state index is 0.689. The van der Waals surface area contributed by atoms with Crippen molar-refractivity contribution in [3.05, 3.63) is 65.9 Å². The van der Waals surface area contributed by atoms with E-state index in [0.29, 0.717) is 5.56 Å². The maximum atomic E-state index is 9.17. The van der Waals surface area contributed by atoms with Gasteiger partial charge in [0.15, 0.2) is 0 Å². The molecular formula is C17H12N2. The molecule has 0 spiro atoms. The summed E-state index contributed by atoms with van der Waals surface area (Å²) in [6.07, 6.45) is 0. The molecule has 0 aliphatic rings. The van der Waals surface area contributed by atoms with Crippen LogP contribution in [0, 0.1) is 18.3 Å². The Balaban J connectivity index is 2.23. The van der Waals surface area contributed by atoms with E-state index in [9.17, 15) is 5.26 Å². The van der Waals surface area contributed by atoms with E-state index in [1.54, 1.807) is 0 Å². The number of hydrogen-bond donors (Lipinski definition) is 0. The van der Waals surface area contributed by atoms with Crippen LogP contribution in [-0.2, 0) is 0 Å². The summed E-state index contributed by atoms with van der Waals surface area (Å²) >= 11 is 0. The van der Waals surface area contributed by atoms with Crippen molar-refractivity contribution in [1.82, 2.24) is 4.98 Å². The number of aromatic nitrogens is 1. The first kappa shape index (κ1) is 11.4. The summed E-state index contributed by atoms with van der Waals surface area (Å²) in [6, 6.07) is 20.1. The predicted molar refractivity (Wildman–Crippen MR) is 76.6 cm³/mol. The molecule has 0 amide bonds. The molecule has 0 saturated heterocycles. The smallest absolute Gasteiger partial charge is 0.0998 e. The summed E-state index contributed by atoms with van der Waals surface area (Å²) in [6.45, 7) is 1.98. The molecule has 0 N–H and O–H groups in total. The third-order valence-corrected chi connectivity index (χ3v) is 3.19. The summed E-state index contributed by atoms with van der Waals surface area (Å²) in [4.78, 5) is 4.53. The standard InChI is InChI=1S/C17H12N2/c1-12-6-7-13-8-9-14(10-17(13)19-12)16-5-3-2-4-15(16)11-18/h2-10H,1H3. The predicted octanol–water partition coefficient (Wildman–Crippen LogP) is 4.08. The molecule has 0 bridgehead atoms. The maximum absolute atomic E-state index is 9.17. The first-order chi connectivity index (χ1) is 9.28. The summed E-state index contributed by atoms with van der Waals surface area (Å²) < 4.78 is 0. The summed E-state index contributed by atoms with van der Waals surface area (Å²) in [5, 5.41) is 10.3. The fourth-order valence-electron chi connectivity index (χ4n) is 2.22. The average molecular weight is 244 g/mol. The first-order valence-electron chi connectivity index (χ1n) is 6.15. The molecule has 2 aromatic carbocycles. The number of fused-ring (bicyclic) bond motifs is 1. The number of nitrogens with zero attached hydrogens (tertiary/aromatic N) is 2. The Morgan fingerprint density at radius 1 is 1.00 bits per heavy atom. The van der Waals surface area contributed by atoms with Crippen molar-refractivity contribution in [2.24, 2.45) is 0 Å². The van der Waals surface area contributed by atoms with Gasteiger partial charge in [0.1, 0.15) is 0 Å². The van der Waals surface area contributed by atoms with Crippen LogP contribution in [0.5, 0.6) is 0 Å². The fraction of sp³-hybridized carbons (Fsp3) is 0.0588. The van der Waals surface area contributed by atoms with Gasteiger partial charge in [-0.15, -0.1) is 0 Å². The summed E-state index contributed by atoms with van der Waals surface area (Å²) in [5.74, 6) is 0. The fourth-order valence-corrected chi connectivity index (χ4v) is 2.22. The largest absolute Gasteiger partial charge is 0.253 e. The van der Waals surface area contributed by atoms with Crippen LogP contribution in [-0.4, -0.2) is 4.98 Å². The van der Waals surface area contributed by atoms with Crippen molar-refractivity contribution in [3.8, 4) is 17.2 Å². The molecule has 0 unspecified atom stereocenters. The van der Waals surface area contributed by atoms with Gasteiger partial charge in [-0.1, -0.05) is 36.4 Å². The second-order valence-electron chi connectivity index (χ2n) is 4.52. The lowest BCUT2D eigenvalue weighted by molar-refractivity contribution is 1.26. The zero-order chi connectivity index (χ0) is 13.2. The molecule has 1 aromatic heterocycles. The van der Waals surface area contributed by atoms with E-state index < -0.39 is 0 Å². The van der Waals surface area contributed by atoms with Gasteiger partial charge in [0.05, 0.1) is 17.1 Å². The van der Waals surface area contributed by atoms with Crippen LogP contribution in [0.25, 0.3) is 22.0 Å². The van der Waals surface area contributed by atoms with E-state index in [1.165, 1.54) is 0 Å². The van der Waals surface area contributed by atoms with E-state index >= 15 is 0 Å². The molecule has 0 aliphatic heterocycles. The lowest BCUT2D eigenvalue weighted by atomic mass is 9.99. The zero-order valence-electron chi connectivity index (χ0n) is 10.6. The number of rotatable bonds is 1. The number of aryl methyl sites for hydroxylation is 1. The van der Waals surface area contributed by atoms with Crippen LogP contribution in [0.3, 0.4) is 0 Å². The second-order valence-corrected chi connectivity index (χ2v) is 4.52. The highest BCUT2D eigenvalue weighted by molar-refractivity contribution is 5.85. The van der Waals surface area contributed by atoms with E-state index in [4.69, 9.17) is 0 Å². The quantitative estimate of drug-likeness (QED) is 0.646. The Labute approximate surface area is 112 Å². The molecule has 0 aliphatic carbocycles. The van der Waals surface area contributed by atoms with Gasteiger partial charge in [0, 0.05) is 11.1 Å². The molecular weight excluding hydrogens is 232 g/mol. The van der Waals surface area contributed by atoms with Gasteiger partial charge in [-0.25, -0.2) is 0 Å². The minimum Gasteiger partial charge on any atom is -0.253 e. The molecule has 1 heterocycles. The molecule has 0 atom stereocenters. The van der Waals surface area contributed by atoms with Crippen molar-refractivity contribution >= 4 is 10.9 Å². The van der Waals surface area contributed by atoms with Crippen LogP contribution in [0.15, 0.2) is 54.6 Å². The average Bonchev–Trinajstić information content (AvgIpc) is 2.46. The van der Waals surface area contributed by atoms with Crippen LogP contribution >= 0.6 is 0 Å². The molecule has 90 valence electrons. The Hall–Kier alpha value is -2.66. The summed E-state index contributed by atoms with van der Waals surface area (Å²) in [7, 11) is 0. The van der Waals surface area contributed by atoms with Gasteiger partial charge in [0.25, 0.3) is 0 Å². The Bertz CT molecular complexity index is 798. The van der Waals surface area contributed by atoms with Crippen molar-refractivity contribution in [1.29, 1.82) is 5.26 Å². The first-order valence-corrected chi connectivity index (χ1v) is 6.15. The zero-order valence-corrected chi connectivity index (χ0v) is 10.6. The molecule has 3 rings (SSSR count). The van der Waals surface area contributed by atoms with Gasteiger partial charge >= 0.3 is 0 Å². The Morgan fingerprint density at radius 3 is 2.63 bits per heavy atom. The SMILES string of the molecule is Cc1ccc2ccc(-c3ccccc3C#N)cc2n1. The van der Waals surface area contributed by atoms with Crippen LogP contribution < -0.4 is 0 Å². The maximum Gasteiger partial charge on any atom is 0.0998 e. The third kappa shape index (κ3) is 2.07. The molecule has 0 saturated carbocycles. The molecule has 3 aromatic rings. The van der Waals surface area contributed by atoms with Crippen LogP contribution in [0.4, 0.5) is 0 Å². The summed E-state index contributed by atoms with van der Waals surface area (Å²) in [5.41, 5.74) is 4.64. The van der Waals surface area contributed by atoms with Gasteiger partial charge < -0.3 is 0 Å². The highest BCUT2D eigenvalue weighted by atomic mass is 14.7. The number of pyridine rings is 1. The van der Waals surface area contributed by atoms with E-state index in [-0.39, 0.29) is 0 Å². The highest BCUT2D eigenvalue weighted by Crippen LogP contribution is 2.26. The van der Waals surface area contributed by atoms with Gasteiger partial charge in [-0.2, -0.15) is 5.26 Å². The normalized spacial score (nSPS) is 10.3. The Kier molecular flexibility index (Phi) is 2.74. The molecule has 19 heavy (non-hydrogen) atoms. The van der Waals surface area contributed by atoms with Crippen molar-refractivity contribution in [2.45, 2.75) is 6.92 Å². The van der Waals surface area contributed by atoms with Crippen LogP contribution in [0.1, 0.15) is 11.3 Å². The van der Waals surface area contributed by atoms with Gasteiger partial charge in [0.2, 0.25) is 0 Å². The van der Waals surface area contributed by atoms with Gasteiger partial charge in [-0.05, 0) is 36.2 Å². The monoisotopic (exact) mass is 244 g/mol. The topological polar surface area (TPSA) is 36.7 Å². The number of benzene rings is 2. The van der Waals surface area contributed by atoms with Crippen LogP contribution in [0.2, 0.25) is 0 Å². The second kappa shape index (κ2) is 4.55. The van der Waals surface area contributed by atoms with Crippen molar-refractivity contribution < 1.29 is 0 Å². The van der Waals surface area contributed by atoms with E-state index in [1.807, 2.05) is 55.5 Å². The highest BCUT2D eigenvalue weighted by Gasteiger charge is 2.05. The van der Waals surface area contributed by atoms with Crippen molar-refractivity contribution in [2.75, 3.05) is 0 Å².